The van der Waals surface area contributed by atoms with Crippen LogP contribution in [0, 0.1) is 0 Å². The summed E-state index contributed by atoms with van der Waals surface area (Å²) in [6.45, 7) is 4.55. The predicted octanol–water partition coefficient (Wildman–Crippen LogP) is 0.0681. The summed E-state index contributed by atoms with van der Waals surface area (Å²) in [6, 6.07) is 5.80. The van der Waals surface area contributed by atoms with E-state index in [1.54, 1.807) is 7.11 Å². The van der Waals surface area contributed by atoms with Gasteiger partial charge in [0.2, 0.25) is 0 Å². The van der Waals surface area contributed by atoms with E-state index >= 15 is 0 Å². The molecule has 1 aromatic carbocycles. The van der Waals surface area contributed by atoms with E-state index in [9.17, 15) is 15.3 Å². The number of aliphatic hydroxyl groups is 3. The van der Waals surface area contributed by atoms with Gasteiger partial charge in [0.05, 0.1) is 19.3 Å². The minimum absolute atomic E-state index is 0.201. The highest BCUT2D eigenvalue weighted by Gasteiger charge is 2.24. The van der Waals surface area contributed by atoms with Crippen molar-refractivity contribution in [1.29, 1.82) is 0 Å². The van der Waals surface area contributed by atoms with E-state index in [1.807, 2.05) is 18.2 Å². The van der Waals surface area contributed by atoms with Gasteiger partial charge < -0.3 is 29.7 Å². The van der Waals surface area contributed by atoms with E-state index in [-0.39, 0.29) is 18.8 Å². The molecule has 26 heavy (non-hydrogen) atoms. The van der Waals surface area contributed by atoms with Gasteiger partial charge in [-0.15, -0.1) is 0 Å². The Bertz CT molecular complexity index is 571. The number of ether oxygens (including phenoxy) is 2. The molecule has 2 heterocycles. The number of rotatable bonds is 8. The normalized spacial score (nSPS) is 21.4. The molecule has 0 aliphatic carbocycles. The third-order valence-corrected chi connectivity index (χ3v) is 5.03. The van der Waals surface area contributed by atoms with Crippen molar-refractivity contribution in [3.63, 3.8) is 0 Å². The van der Waals surface area contributed by atoms with Gasteiger partial charge in [0, 0.05) is 39.3 Å². The van der Waals surface area contributed by atoms with Crippen molar-refractivity contribution in [2.24, 2.45) is 0 Å². The highest BCUT2D eigenvalue weighted by Crippen LogP contribution is 2.29. The topological polar surface area (TPSA) is 85.6 Å². The molecule has 1 atom stereocenters. The summed E-state index contributed by atoms with van der Waals surface area (Å²) >= 11 is 0. The zero-order valence-electron chi connectivity index (χ0n) is 15.4. The molecule has 0 radical (unpaired) electrons. The minimum Gasteiger partial charge on any atom is -0.493 e. The van der Waals surface area contributed by atoms with Crippen LogP contribution in [0.1, 0.15) is 18.4 Å². The van der Waals surface area contributed by atoms with Crippen LogP contribution in [0.2, 0.25) is 0 Å². The lowest BCUT2D eigenvalue weighted by atomic mass is 10.1. The monoisotopic (exact) mass is 366 g/mol. The maximum Gasteiger partial charge on any atom is 0.161 e. The third-order valence-electron chi connectivity index (χ3n) is 5.03. The molecular weight excluding hydrogens is 336 g/mol. The fourth-order valence-corrected chi connectivity index (χ4v) is 3.50. The van der Waals surface area contributed by atoms with Crippen LogP contribution in [0.3, 0.4) is 0 Å². The summed E-state index contributed by atoms with van der Waals surface area (Å²) in [5.74, 6) is 1.27. The van der Waals surface area contributed by atoms with E-state index in [4.69, 9.17) is 9.47 Å². The van der Waals surface area contributed by atoms with Gasteiger partial charge in [-0.05, 0) is 30.5 Å². The summed E-state index contributed by atoms with van der Waals surface area (Å²) in [7, 11) is 1.61. The van der Waals surface area contributed by atoms with Crippen molar-refractivity contribution in [1.82, 2.24) is 9.80 Å². The lowest BCUT2D eigenvalue weighted by molar-refractivity contribution is -0.00290. The molecule has 0 aromatic heterocycles. The number of likely N-dealkylation sites (tertiary alicyclic amines) is 2. The van der Waals surface area contributed by atoms with Crippen molar-refractivity contribution in [2.75, 3.05) is 46.4 Å². The molecule has 0 amide bonds. The summed E-state index contributed by atoms with van der Waals surface area (Å²) in [5.41, 5.74) is 1.11. The maximum absolute atomic E-state index is 10.2. The summed E-state index contributed by atoms with van der Waals surface area (Å²) in [4.78, 5) is 4.32. The molecule has 0 spiro atoms. The molecule has 146 valence electrons. The standard InChI is InChI=1S/C19H30N2O5/c1-25-19-8-14(9-21-10-16(23)11-21)2-3-18(19)26-13-17(24)12-20-6-4-15(22)5-7-20/h2-3,8,15-17,22-24H,4-7,9-13H2,1H3/t17-/m1/s1. The van der Waals surface area contributed by atoms with Crippen LogP contribution in [0.4, 0.5) is 0 Å². The molecule has 2 saturated heterocycles. The van der Waals surface area contributed by atoms with Gasteiger partial charge in [0.1, 0.15) is 12.7 Å². The fraction of sp³-hybridized carbons (Fsp3) is 0.684. The number of methoxy groups -OCH3 is 1. The van der Waals surface area contributed by atoms with Crippen LogP contribution in [0.15, 0.2) is 18.2 Å². The quantitative estimate of drug-likeness (QED) is 0.600. The second kappa shape index (κ2) is 9.01. The number of piperidine rings is 1. The second-order valence-corrected chi connectivity index (χ2v) is 7.33. The van der Waals surface area contributed by atoms with E-state index < -0.39 is 6.10 Å². The van der Waals surface area contributed by atoms with Gasteiger partial charge in [0.25, 0.3) is 0 Å². The number of nitrogens with zero attached hydrogens (tertiary/aromatic N) is 2. The zero-order valence-corrected chi connectivity index (χ0v) is 15.4. The van der Waals surface area contributed by atoms with Gasteiger partial charge in [-0.25, -0.2) is 0 Å². The molecule has 7 nitrogen and oxygen atoms in total. The molecule has 0 saturated carbocycles. The van der Waals surface area contributed by atoms with E-state index in [0.717, 1.165) is 38.0 Å². The van der Waals surface area contributed by atoms with Crippen molar-refractivity contribution in [3.05, 3.63) is 23.8 Å². The van der Waals surface area contributed by atoms with Gasteiger partial charge >= 0.3 is 0 Å². The lowest BCUT2D eigenvalue weighted by Gasteiger charge is -2.35. The van der Waals surface area contributed by atoms with E-state index in [0.29, 0.717) is 31.1 Å². The van der Waals surface area contributed by atoms with Crippen molar-refractivity contribution in [2.45, 2.75) is 37.7 Å². The molecule has 0 bridgehead atoms. The molecule has 0 unspecified atom stereocenters. The Morgan fingerprint density at radius 1 is 1.08 bits per heavy atom. The van der Waals surface area contributed by atoms with E-state index in [1.165, 1.54) is 0 Å². The third kappa shape index (κ3) is 5.31. The fourth-order valence-electron chi connectivity index (χ4n) is 3.50. The Hall–Kier alpha value is -1.38. The van der Waals surface area contributed by atoms with Crippen LogP contribution in [0.25, 0.3) is 0 Å². The van der Waals surface area contributed by atoms with Crippen LogP contribution in [0.5, 0.6) is 11.5 Å². The number of benzene rings is 1. The maximum atomic E-state index is 10.2. The highest BCUT2D eigenvalue weighted by molar-refractivity contribution is 5.43. The lowest BCUT2D eigenvalue weighted by Crippen LogP contribution is -2.49. The Labute approximate surface area is 154 Å². The predicted molar refractivity (Wildman–Crippen MR) is 97.5 cm³/mol. The molecule has 3 N–H and O–H groups in total. The summed E-state index contributed by atoms with van der Waals surface area (Å²) in [6.07, 6.45) is 0.525. The molecule has 2 aliphatic heterocycles. The first-order chi connectivity index (χ1) is 12.5. The first-order valence-electron chi connectivity index (χ1n) is 9.32. The number of β-amino-alcohol motifs (C(OH)–C–C–N with tert-alkyl or cyclic N) is 2. The summed E-state index contributed by atoms with van der Waals surface area (Å²) in [5, 5.41) is 29.1. The Balaban J connectivity index is 1.47. The van der Waals surface area contributed by atoms with Crippen LogP contribution >= 0.6 is 0 Å². The molecular formula is C19H30N2O5. The minimum atomic E-state index is -0.586. The number of aliphatic hydroxyl groups excluding tert-OH is 3. The largest absolute Gasteiger partial charge is 0.493 e. The number of hydrogen-bond acceptors (Lipinski definition) is 7. The highest BCUT2D eigenvalue weighted by atomic mass is 16.5. The average molecular weight is 366 g/mol. The molecule has 1 aromatic rings. The van der Waals surface area contributed by atoms with Gasteiger partial charge in [-0.1, -0.05) is 6.07 Å². The SMILES string of the molecule is COc1cc(CN2CC(O)C2)ccc1OC[C@H](O)CN1CCC(O)CC1. The van der Waals surface area contributed by atoms with Crippen LogP contribution in [-0.4, -0.2) is 89.9 Å². The van der Waals surface area contributed by atoms with Crippen LogP contribution in [-0.2, 0) is 6.54 Å². The molecule has 3 rings (SSSR count). The molecule has 2 fully saturated rings. The Morgan fingerprint density at radius 3 is 2.46 bits per heavy atom. The van der Waals surface area contributed by atoms with Gasteiger partial charge in [-0.3, -0.25) is 4.90 Å². The smallest absolute Gasteiger partial charge is 0.161 e. The first kappa shape index (κ1) is 19.4. The zero-order chi connectivity index (χ0) is 18.5. The molecule has 7 heteroatoms. The van der Waals surface area contributed by atoms with E-state index in [2.05, 4.69) is 9.80 Å². The van der Waals surface area contributed by atoms with Crippen molar-refractivity contribution in [3.8, 4) is 11.5 Å². The Kier molecular flexibility index (Phi) is 6.72. The first-order valence-corrected chi connectivity index (χ1v) is 9.32. The van der Waals surface area contributed by atoms with Crippen molar-refractivity contribution >= 4 is 0 Å². The molecule has 2 aliphatic rings. The second-order valence-electron chi connectivity index (χ2n) is 7.33. The average Bonchev–Trinajstić information content (AvgIpc) is 2.61. The summed E-state index contributed by atoms with van der Waals surface area (Å²) < 4.78 is 11.2. The number of hydrogen-bond donors (Lipinski definition) is 3. The van der Waals surface area contributed by atoms with Crippen molar-refractivity contribution < 1.29 is 24.8 Å². The van der Waals surface area contributed by atoms with Gasteiger partial charge in [-0.2, -0.15) is 0 Å². The van der Waals surface area contributed by atoms with Crippen LogP contribution < -0.4 is 9.47 Å². The Morgan fingerprint density at radius 2 is 1.81 bits per heavy atom. The van der Waals surface area contributed by atoms with Gasteiger partial charge in [0.15, 0.2) is 11.5 Å².